The van der Waals surface area contributed by atoms with Gasteiger partial charge >= 0.3 is 0 Å². The van der Waals surface area contributed by atoms with Gasteiger partial charge in [-0.05, 0) is 17.3 Å². The van der Waals surface area contributed by atoms with E-state index in [0.29, 0.717) is 21.0 Å². The molecule has 0 saturated heterocycles. The Balaban J connectivity index is 1.94. The zero-order valence-electron chi connectivity index (χ0n) is 14.4. The van der Waals surface area contributed by atoms with E-state index in [-0.39, 0.29) is 0 Å². The number of rotatable bonds is 2. The van der Waals surface area contributed by atoms with E-state index in [9.17, 15) is 8.42 Å². The third kappa shape index (κ3) is 2.46. The molecule has 0 unspecified atom stereocenters. The van der Waals surface area contributed by atoms with Crippen molar-refractivity contribution in [2.24, 2.45) is 0 Å². The zero-order valence-corrected chi connectivity index (χ0v) is 16.3. The third-order valence-corrected chi connectivity index (χ3v) is 8.60. The lowest BCUT2D eigenvalue weighted by Crippen LogP contribution is -2.37. The Labute approximate surface area is 149 Å². The fourth-order valence-corrected chi connectivity index (χ4v) is 6.18. The molecule has 2 heterocycles. The van der Waals surface area contributed by atoms with Gasteiger partial charge in [-0.1, -0.05) is 62.1 Å². The maximum Gasteiger partial charge on any atom is 0.208 e. The van der Waals surface area contributed by atoms with E-state index < -0.39 is 17.9 Å². The van der Waals surface area contributed by atoms with Crippen LogP contribution >= 0.6 is 0 Å². The molecule has 2 aromatic carbocycles. The lowest BCUT2D eigenvalue weighted by Gasteiger charge is -2.16. The smallest absolute Gasteiger partial charge is 0.208 e. The van der Waals surface area contributed by atoms with Crippen molar-refractivity contribution in [3.8, 4) is 22.4 Å². The van der Waals surface area contributed by atoms with Gasteiger partial charge < -0.3 is 0 Å². The lowest BCUT2D eigenvalue weighted by molar-refractivity contribution is 0.599. The molecule has 0 N–H and O–H groups in total. The first kappa shape index (κ1) is 16.2. The molecule has 3 aromatic rings. The Hall–Kier alpha value is -2.24. The number of aromatic nitrogens is 1. The fraction of sp³-hybridized carbons (Fsp3) is 0.150. The molecule has 1 aliphatic rings. The molecular weight excluding hydrogens is 346 g/mol. The van der Waals surface area contributed by atoms with Crippen molar-refractivity contribution in [2.45, 2.75) is 29.4 Å². The number of benzene rings is 2. The molecule has 0 saturated carbocycles. The standard InChI is InChI=1S/C20H19NO2SSi/c1-25(2,3)14-11-12-18(21-13-14)17-9-6-8-16-15-7-4-5-10-19(15)24(22,23)20(16)17/h4-13H,1-3H3. The summed E-state index contributed by atoms with van der Waals surface area (Å²) in [5.41, 5.74) is 2.92. The van der Waals surface area contributed by atoms with E-state index in [0.717, 1.165) is 11.1 Å². The van der Waals surface area contributed by atoms with Crippen molar-refractivity contribution in [3.05, 3.63) is 60.8 Å². The molecule has 0 radical (unpaired) electrons. The first-order valence-corrected chi connectivity index (χ1v) is 13.2. The van der Waals surface area contributed by atoms with Gasteiger partial charge in [-0.2, -0.15) is 0 Å². The molecule has 0 atom stereocenters. The Morgan fingerprint density at radius 2 is 1.48 bits per heavy atom. The number of pyridine rings is 1. The van der Waals surface area contributed by atoms with Gasteiger partial charge in [-0.3, -0.25) is 4.98 Å². The second-order valence-electron chi connectivity index (χ2n) is 7.36. The predicted octanol–water partition coefficient (Wildman–Crippen LogP) is 4.11. The van der Waals surface area contributed by atoms with E-state index in [1.165, 1.54) is 5.19 Å². The molecule has 1 aliphatic heterocycles. The van der Waals surface area contributed by atoms with Crippen LogP contribution in [0.25, 0.3) is 22.4 Å². The third-order valence-electron chi connectivity index (χ3n) is 4.66. The minimum atomic E-state index is -3.51. The lowest BCUT2D eigenvalue weighted by atomic mass is 10.0. The Kier molecular flexibility index (Phi) is 3.49. The number of hydrogen-bond donors (Lipinski definition) is 0. The largest absolute Gasteiger partial charge is 0.256 e. The normalized spacial score (nSPS) is 14.8. The van der Waals surface area contributed by atoms with E-state index in [4.69, 9.17) is 0 Å². The van der Waals surface area contributed by atoms with Gasteiger partial charge in [0.05, 0.1) is 23.6 Å². The Morgan fingerprint density at radius 1 is 0.800 bits per heavy atom. The highest BCUT2D eigenvalue weighted by Gasteiger charge is 2.35. The first-order chi connectivity index (χ1) is 11.8. The summed E-state index contributed by atoms with van der Waals surface area (Å²) in [5.74, 6) is 0. The van der Waals surface area contributed by atoms with Crippen LogP contribution in [0.15, 0.2) is 70.6 Å². The quantitative estimate of drug-likeness (QED) is 0.502. The zero-order chi connectivity index (χ0) is 17.8. The van der Waals surface area contributed by atoms with Gasteiger partial charge in [0.1, 0.15) is 0 Å². The number of nitrogens with zero attached hydrogens (tertiary/aromatic N) is 1. The predicted molar refractivity (Wildman–Crippen MR) is 104 cm³/mol. The summed E-state index contributed by atoms with van der Waals surface area (Å²) in [4.78, 5) is 5.36. The molecule has 4 rings (SSSR count). The molecule has 1 aromatic heterocycles. The molecule has 5 heteroatoms. The van der Waals surface area contributed by atoms with Gasteiger partial charge in [0.25, 0.3) is 0 Å². The highest BCUT2D eigenvalue weighted by molar-refractivity contribution is 7.92. The van der Waals surface area contributed by atoms with Crippen LogP contribution in [-0.2, 0) is 9.84 Å². The van der Waals surface area contributed by atoms with Gasteiger partial charge in [-0.15, -0.1) is 0 Å². The van der Waals surface area contributed by atoms with E-state index in [2.05, 4.69) is 30.7 Å². The molecule has 3 nitrogen and oxygen atoms in total. The second-order valence-corrected chi connectivity index (χ2v) is 14.3. The van der Waals surface area contributed by atoms with Crippen molar-refractivity contribution < 1.29 is 8.42 Å². The summed E-state index contributed by atoms with van der Waals surface area (Å²) < 4.78 is 26.1. The van der Waals surface area contributed by atoms with Crippen LogP contribution in [0, 0.1) is 0 Å². The van der Waals surface area contributed by atoms with Crippen molar-refractivity contribution in [3.63, 3.8) is 0 Å². The van der Waals surface area contributed by atoms with Crippen LogP contribution in [-0.4, -0.2) is 21.5 Å². The van der Waals surface area contributed by atoms with Crippen molar-refractivity contribution in [1.29, 1.82) is 0 Å². The first-order valence-electron chi connectivity index (χ1n) is 8.24. The summed E-state index contributed by atoms with van der Waals surface area (Å²) >= 11 is 0. The summed E-state index contributed by atoms with van der Waals surface area (Å²) in [6, 6.07) is 16.8. The maximum absolute atomic E-state index is 13.1. The molecule has 0 spiro atoms. The highest BCUT2D eigenvalue weighted by Crippen LogP contribution is 2.46. The van der Waals surface area contributed by atoms with Crippen molar-refractivity contribution in [1.82, 2.24) is 4.98 Å². The van der Waals surface area contributed by atoms with E-state index >= 15 is 0 Å². The summed E-state index contributed by atoms with van der Waals surface area (Å²) in [6.45, 7) is 6.81. The number of sulfone groups is 1. The molecule has 25 heavy (non-hydrogen) atoms. The average Bonchev–Trinajstić information content (AvgIpc) is 2.83. The highest BCUT2D eigenvalue weighted by atomic mass is 32.2. The molecule has 126 valence electrons. The van der Waals surface area contributed by atoms with Gasteiger partial charge in [0.2, 0.25) is 9.84 Å². The fourth-order valence-electron chi connectivity index (χ4n) is 3.27. The van der Waals surface area contributed by atoms with Crippen molar-refractivity contribution >= 4 is 23.1 Å². The van der Waals surface area contributed by atoms with Gasteiger partial charge in [0.15, 0.2) is 0 Å². The summed E-state index contributed by atoms with van der Waals surface area (Å²) in [7, 11) is -4.95. The minimum Gasteiger partial charge on any atom is -0.256 e. The van der Waals surface area contributed by atoms with E-state index in [1.807, 2.05) is 42.6 Å². The van der Waals surface area contributed by atoms with Crippen LogP contribution in [0.1, 0.15) is 0 Å². The maximum atomic E-state index is 13.1. The van der Waals surface area contributed by atoms with Crippen LogP contribution in [0.5, 0.6) is 0 Å². The van der Waals surface area contributed by atoms with Crippen molar-refractivity contribution in [2.75, 3.05) is 0 Å². The second kappa shape index (κ2) is 5.38. The SMILES string of the molecule is C[Si](C)(C)c1ccc(-c2cccc3c2S(=O)(=O)c2ccccc2-3)nc1. The molecule has 0 bridgehead atoms. The van der Waals surface area contributed by atoms with Crippen LogP contribution in [0.3, 0.4) is 0 Å². The average molecular weight is 366 g/mol. The van der Waals surface area contributed by atoms with Crippen LogP contribution < -0.4 is 5.19 Å². The summed E-state index contributed by atoms with van der Waals surface area (Å²) in [5, 5.41) is 1.26. The summed E-state index contributed by atoms with van der Waals surface area (Å²) in [6.07, 6.45) is 1.90. The minimum absolute atomic E-state index is 0.379. The molecular formula is C20H19NO2SSi. The van der Waals surface area contributed by atoms with E-state index in [1.54, 1.807) is 12.1 Å². The topological polar surface area (TPSA) is 47.0 Å². The number of hydrogen-bond acceptors (Lipinski definition) is 3. The van der Waals surface area contributed by atoms with Crippen LogP contribution in [0.4, 0.5) is 0 Å². The Bertz CT molecular complexity index is 1080. The molecule has 0 aliphatic carbocycles. The molecule has 0 amide bonds. The molecule has 0 fully saturated rings. The Morgan fingerprint density at radius 3 is 2.16 bits per heavy atom. The van der Waals surface area contributed by atoms with Gasteiger partial charge in [-0.25, -0.2) is 8.42 Å². The number of fused-ring (bicyclic) bond motifs is 3. The van der Waals surface area contributed by atoms with Crippen LogP contribution in [0.2, 0.25) is 19.6 Å². The van der Waals surface area contributed by atoms with Gasteiger partial charge in [0, 0.05) is 22.9 Å². The monoisotopic (exact) mass is 365 g/mol.